The van der Waals surface area contributed by atoms with Crippen molar-refractivity contribution < 1.29 is 18.0 Å². The molecule has 30 heavy (non-hydrogen) atoms. The number of aromatic nitrogens is 1. The van der Waals surface area contributed by atoms with E-state index in [-0.39, 0.29) is 42.3 Å². The number of rotatable bonds is 7. The van der Waals surface area contributed by atoms with Gasteiger partial charge in [-0.05, 0) is 61.4 Å². The largest absolute Gasteiger partial charge is 0.344 e. The fraction of sp³-hybridized carbons (Fsp3) is 0.429. The van der Waals surface area contributed by atoms with Crippen LogP contribution in [0.15, 0.2) is 34.8 Å². The maximum Gasteiger partial charge on any atom is 0.238 e. The van der Waals surface area contributed by atoms with Gasteiger partial charge in [-0.25, -0.2) is 8.42 Å². The Morgan fingerprint density at radius 2 is 1.93 bits per heavy atom. The van der Waals surface area contributed by atoms with Crippen LogP contribution in [-0.2, 0) is 14.6 Å². The number of anilines is 1. The number of carbonyl (C=O) groups is 2. The van der Waals surface area contributed by atoms with Crippen LogP contribution >= 0.6 is 15.9 Å². The molecule has 1 aromatic heterocycles. The van der Waals surface area contributed by atoms with E-state index in [0.29, 0.717) is 17.7 Å². The van der Waals surface area contributed by atoms with Crippen LogP contribution in [0.5, 0.6) is 0 Å². The first-order chi connectivity index (χ1) is 14.1. The Bertz CT molecular complexity index is 1080. The molecule has 1 fully saturated rings. The number of ketones is 1. The van der Waals surface area contributed by atoms with E-state index in [0.717, 1.165) is 15.9 Å². The van der Waals surface area contributed by atoms with Gasteiger partial charge in [0.2, 0.25) is 5.91 Å². The predicted molar refractivity (Wildman–Crippen MR) is 121 cm³/mol. The maximum absolute atomic E-state index is 12.9. The minimum absolute atomic E-state index is 0.0761. The Morgan fingerprint density at radius 3 is 2.57 bits per heavy atom. The molecule has 2 aromatic rings. The smallest absolute Gasteiger partial charge is 0.238 e. The molecule has 0 aliphatic carbocycles. The lowest BCUT2D eigenvalue weighted by molar-refractivity contribution is -0.116. The van der Waals surface area contributed by atoms with Crippen molar-refractivity contribution in [1.29, 1.82) is 0 Å². The molecular formula is C21H26BrN3O4S. The number of aryl methyl sites for hydroxylation is 1. The number of likely N-dealkylation sites (N-methyl/N-ethyl adjacent to an activating group) is 1. The fourth-order valence-electron chi connectivity index (χ4n) is 3.98. The highest BCUT2D eigenvalue weighted by molar-refractivity contribution is 9.10. The van der Waals surface area contributed by atoms with Gasteiger partial charge in [0, 0.05) is 27.5 Å². The van der Waals surface area contributed by atoms with Gasteiger partial charge in [0.1, 0.15) is 0 Å². The predicted octanol–water partition coefficient (Wildman–Crippen LogP) is 2.98. The molecule has 3 rings (SSSR count). The molecule has 1 aromatic carbocycles. The van der Waals surface area contributed by atoms with Gasteiger partial charge < -0.3 is 9.88 Å². The zero-order valence-electron chi connectivity index (χ0n) is 17.3. The zero-order valence-corrected chi connectivity index (χ0v) is 19.7. The van der Waals surface area contributed by atoms with Crippen LogP contribution in [0.2, 0.25) is 0 Å². The van der Waals surface area contributed by atoms with E-state index in [1.54, 1.807) is 18.0 Å². The highest BCUT2D eigenvalue weighted by Crippen LogP contribution is 2.29. The Kier molecular flexibility index (Phi) is 6.84. The normalized spacial score (nSPS) is 18.0. The molecule has 0 radical (unpaired) electrons. The van der Waals surface area contributed by atoms with E-state index in [9.17, 15) is 18.0 Å². The third-order valence-corrected chi connectivity index (χ3v) is 7.78. The number of benzene rings is 1. The van der Waals surface area contributed by atoms with Crippen molar-refractivity contribution in [3.63, 3.8) is 0 Å². The lowest BCUT2D eigenvalue weighted by atomic mass is 10.1. The molecule has 0 spiro atoms. The van der Waals surface area contributed by atoms with Crippen LogP contribution in [0.1, 0.15) is 34.2 Å². The molecule has 162 valence electrons. The number of amides is 1. The first-order valence-electron chi connectivity index (χ1n) is 9.72. The number of nitrogens with one attached hydrogen (secondary N) is 1. The first kappa shape index (κ1) is 22.7. The van der Waals surface area contributed by atoms with Crippen LogP contribution in [-0.4, -0.2) is 61.2 Å². The van der Waals surface area contributed by atoms with Gasteiger partial charge in [0.25, 0.3) is 0 Å². The summed E-state index contributed by atoms with van der Waals surface area (Å²) in [6.45, 7) is 3.91. The monoisotopic (exact) mass is 495 g/mol. The van der Waals surface area contributed by atoms with Crippen LogP contribution in [0.25, 0.3) is 0 Å². The summed E-state index contributed by atoms with van der Waals surface area (Å²) in [6, 6.07) is 9.03. The molecule has 0 saturated carbocycles. The van der Waals surface area contributed by atoms with E-state index in [1.807, 2.05) is 42.7 Å². The summed E-state index contributed by atoms with van der Waals surface area (Å²) in [4.78, 5) is 26.8. The summed E-state index contributed by atoms with van der Waals surface area (Å²) >= 11 is 3.39. The van der Waals surface area contributed by atoms with Crippen molar-refractivity contribution in [1.82, 2.24) is 9.47 Å². The second-order valence-electron chi connectivity index (χ2n) is 7.84. The van der Waals surface area contributed by atoms with Crippen molar-refractivity contribution in [3.8, 4) is 0 Å². The van der Waals surface area contributed by atoms with Crippen molar-refractivity contribution in [2.45, 2.75) is 26.3 Å². The molecule has 2 heterocycles. The summed E-state index contributed by atoms with van der Waals surface area (Å²) in [7, 11) is -1.29. The lowest BCUT2D eigenvalue weighted by Crippen LogP contribution is -2.34. The summed E-state index contributed by atoms with van der Waals surface area (Å²) in [5.74, 6) is 0.00434. The summed E-state index contributed by atoms with van der Waals surface area (Å²) in [6.07, 6.45) is 0.571. The van der Waals surface area contributed by atoms with Crippen LogP contribution in [0.4, 0.5) is 5.69 Å². The number of halogens is 1. The topological polar surface area (TPSA) is 88.5 Å². The third-order valence-electron chi connectivity index (χ3n) is 5.33. The zero-order chi connectivity index (χ0) is 22.1. The van der Waals surface area contributed by atoms with E-state index in [2.05, 4.69) is 21.2 Å². The van der Waals surface area contributed by atoms with E-state index in [4.69, 9.17) is 0 Å². The standard InChI is InChI=1S/C21H26BrN3O4S/c1-14-10-17(15(2)25(14)16-8-9-30(28,29)13-16)20(26)11-24(3)12-21(27)23-19-7-5-4-6-18(19)22/h4-7,10,16H,8-9,11-13H2,1-3H3,(H,23,27). The second-order valence-corrected chi connectivity index (χ2v) is 10.9. The van der Waals surface area contributed by atoms with Gasteiger partial charge in [-0.3, -0.25) is 14.5 Å². The van der Waals surface area contributed by atoms with Crippen LogP contribution in [0, 0.1) is 13.8 Å². The van der Waals surface area contributed by atoms with Gasteiger partial charge >= 0.3 is 0 Å². The number of sulfone groups is 1. The molecule has 7 nitrogen and oxygen atoms in total. The van der Waals surface area contributed by atoms with Crippen molar-refractivity contribution in [2.24, 2.45) is 0 Å². The van der Waals surface area contributed by atoms with E-state index >= 15 is 0 Å². The Balaban J connectivity index is 1.64. The number of para-hydroxylation sites is 1. The van der Waals surface area contributed by atoms with E-state index in [1.165, 1.54) is 0 Å². The number of hydrogen-bond acceptors (Lipinski definition) is 5. The molecule has 1 saturated heterocycles. The Labute approximate surface area is 185 Å². The van der Waals surface area contributed by atoms with Gasteiger partial charge in [0.05, 0.1) is 30.3 Å². The quantitative estimate of drug-likeness (QED) is 0.596. The molecule has 1 atom stereocenters. The summed E-state index contributed by atoms with van der Waals surface area (Å²) in [5.41, 5.74) is 2.92. The van der Waals surface area contributed by atoms with Gasteiger partial charge in [-0.1, -0.05) is 12.1 Å². The third kappa shape index (κ3) is 5.19. The van der Waals surface area contributed by atoms with E-state index < -0.39 is 9.84 Å². The SMILES string of the molecule is Cc1cc(C(=O)CN(C)CC(=O)Nc2ccccc2Br)c(C)n1C1CCS(=O)(=O)C1. The molecule has 1 unspecified atom stereocenters. The molecule has 1 amide bonds. The van der Waals surface area contributed by atoms with Gasteiger partial charge in [0.15, 0.2) is 15.6 Å². The van der Waals surface area contributed by atoms with Crippen LogP contribution < -0.4 is 5.32 Å². The van der Waals surface area contributed by atoms with Crippen molar-refractivity contribution >= 4 is 43.1 Å². The average Bonchev–Trinajstić information content (AvgIpc) is 3.14. The fourth-order valence-corrected chi connectivity index (χ4v) is 6.07. The maximum atomic E-state index is 12.9. The van der Waals surface area contributed by atoms with Crippen molar-refractivity contribution in [2.75, 3.05) is 37.0 Å². The highest BCUT2D eigenvalue weighted by Gasteiger charge is 2.31. The second kappa shape index (κ2) is 9.03. The molecule has 0 bridgehead atoms. The number of Topliss-reactive ketones (excluding diaryl/α,β-unsaturated/α-hetero) is 1. The summed E-state index contributed by atoms with van der Waals surface area (Å²) < 4.78 is 26.5. The number of hydrogen-bond donors (Lipinski definition) is 1. The molecule has 9 heteroatoms. The molecular weight excluding hydrogens is 470 g/mol. The molecule has 1 N–H and O–H groups in total. The average molecular weight is 496 g/mol. The van der Waals surface area contributed by atoms with Gasteiger partial charge in [-0.2, -0.15) is 0 Å². The molecule has 1 aliphatic heterocycles. The first-order valence-corrected chi connectivity index (χ1v) is 12.3. The summed E-state index contributed by atoms with van der Waals surface area (Å²) in [5, 5.41) is 2.82. The highest BCUT2D eigenvalue weighted by atomic mass is 79.9. The minimum Gasteiger partial charge on any atom is -0.344 e. The number of nitrogens with zero attached hydrogens (tertiary/aromatic N) is 2. The lowest BCUT2D eigenvalue weighted by Gasteiger charge is -2.17. The van der Waals surface area contributed by atoms with Crippen molar-refractivity contribution in [3.05, 3.63) is 51.8 Å². The number of carbonyl (C=O) groups excluding carboxylic acids is 2. The Hall–Kier alpha value is -1.97. The molecule has 1 aliphatic rings. The Morgan fingerprint density at radius 1 is 1.23 bits per heavy atom. The van der Waals surface area contributed by atoms with Crippen LogP contribution in [0.3, 0.4) is 0 Å². The van der Waals surface area contributed by atoms with Gasteiger partial charge in [-0.15, -0.1) is 0 Å². The minimum atomic E-state index is -3.01.